The van der Waals surface area contributed by atoms with Crippen LogP contribution in [-0.4, -0.2) is 35.9 Å². The number of aromatic nitrogens is 2. The summed E-state index contributed by atoms with van der Waals surface area (Å²) < 4.78 is 6.59. The fraction of sp³-hybridized carbons (Fsp3) is 0.714. The van der Waals surface area contributed by atoms with Crippen molar-refractivity contribution in [3.63, 3.8) is 0 Å². The molecule has 0 saturated carbocycles. The molecule has 0 amide bonds. The summed E-state index contributed by atoms with van der Waals surface area (Å²) in [5.74, 6) is 1.26. The molecule has 1 saturated heterocycles. The van der Waals surface area contributed by atoms with Crippen LogP contribution in [0.2, 0.25) is 0 Å². The second-order valence-corrected chi connectivity index (χ2v) is 5.68. The first kappa shape index (κ1) is 14.7. The highest BCUT2D eigenvalue weighted by Gasteiger charge is 2.28. The summed E-state index contributed by atoms with van der Waals surface area (Å²) in [4.78, 5) is 14.1. The van der Waals surface area contributed by atoms with Crippen LogP contribution in [0.5, 0.6) is 0 Å². The third-order valence-corrected chi connectivity index (χ3v) is 3.69. The first-order chi connectivity index (χ1) is 9.54. The van der Waals surface area contributed by atoms with Crippen molar-refractivity contribution in [1.82, 2.24) is 9.78 Å². The Bertz CT molecular complexity index is 476. The van der Waals surface area contributed by atoms with Crippen LogP contribution in [0.3, 0.4) is 0 Å². The lowest BCUT2D eigenvalue weighted by Gasteiger charge is -2.15. The molecule has 1 fully saturated rings. The molecule has 0 spiro atoms. The summed E-state index contributed by atoms with van der Waals surface area (Å²) in [5, 5.41) is 4.55. The van der Waals surface area contributed by atoms with Crippen molar-refractivity contribution in [2.45, 2.75) is 39.7 Å². The Kier molecular flexibility index (Phi) is 4.52. The van der Waals surface area contributed by atoms with Gasteiger partial charge in [-0.05, 0) is 25.2 Å². The van der Waals surface area contributed by atoms with Gasteiger partial charge in [0.05, 0.1) is 7.11 Å². The molecule has 6 nitrogen and oxygen atoms in total. The third kappa shape index (κ3) is 2.89. The monoisotopic (exact) mass is 280 g/mol. The fourth-order valence-electron chi connectivity index (χ4n) is 2.46. The highest BCUT2D eigenvalue weighted by Crippen LogP contribution is 2.29. The molecule has 112 valence electrons. The highest BCUT2D eigenvalue weighted by atomic mass is 16.5. The summed E-state index contributed by atoms with van der Waals surface area (Å²) in [6.45, 7) is 6.88. The maximum Gasteiger partial charge on any atom is 0.345 e. The second kappa shape index (κ2) is 6.15. The number of nitrogen functional groups attached to an aromatic ring is 1. The zero-order valence-corrected chi connectivity index (χ0v) is 12.6. The predicted octanol–water partition coefficient (Wildman–Crippen LogP) is 1.90. The molecule has 1 aliphatic rings. The van der Waals surface area contributed by atoms with Gasteiger partial charge in [0.25, 0.3) is 0 Å². The summed E-state index contributed by atoms with van der Waals surface area (Å²) >= 11 is 0. The average molecular weight is 280 g/mol. The summed E-state index contributed by atoms with van der Waals surface area (Å²) in [5.41, 5.74) is 6.52. The molecular weight excluding hydrogens is 256 g/mol. The fourth-order valence-corrected chi connectivity index (χ4v) is 2.46. The quantitative estimate of drug-likeness (QED) is 0.834. The molecule has 0 atom stereocenters. The van der Waals surface area contributed by atoms with Crippen LogP contribution in [0.15, 0.2) is 0 Å². The topological polar surface area (TPSA) is 73.4 Å². The molecular formula is C14H24N4O2. The molecule has 0 aliphatic carbocycles. The maximum absolute atomic E-state index is 12.0. The molecule has 20 heavy (non-hydrogen) atoms. The van der Waals surface area contributed by atoms with Gasteiger partial charge in [-0.2, -0.15) is 5.10 Å². The van der Waals surface area contributed by atoms with Crippen molar-refractivity contribution >= 4 is 17.6 Å². The summed E-state index contributed by atoms with van der Waals surface area (Å²) in [6, 6.07) is 0. The highest BCUT2D eigenvalue weighted by molar-refractivity contribution is 5.99. The van der Waals surface area contributed by atoms with Crippen molar-refractivity contribution < 1.29 is 9.53 Å². The number of carbonyl (C=O) groups is 1. The molecule has 6 heteroatoms. The van der Waals surface area contributed by atoms with Crippen molar-refractivity contribution in [3.05, 3.63) is 5.56 Å². The number of ether oxygens (including phenoxy) is 1. The predicted molar refractivity (Wildman–Crippen MR) is 78.9 cm³/mol. The smallest absolute Gasteiger partial charge is 0.345 e. The Balaban J connectivity index is 2.32. The van der Waals surface area contributed by atoms with Crippen molar-refractivity contribution in [2.24, 2.45) is 5.92 Å². The van der Waals surface area contributed by atoms with Crippen LogP contribution in [0, 0.1) is 5.92 Å². The van der Waals surface area contributed by atoms with Crippen molar-refractivity contribution in [2.75, 3.05) is 30.8 Å². The minimum absolute atomic E-state index is 0.403. The van der Waals surface area contributed by atoms with Crippen LogP contribution >= 0.6 is 0 Å². The molecule has 1 aromatic rings. The summed E-state index contributed by atoms with van der Waals surface area (Å²) in [6.07, 6.45) is 3.23. The van der Waals surface area contributed by atoms with Crippen LogP contribution in [0.25, 0.3) is 0 Å². The Morgan fingerprint density at radius 3 is 2.60 bits per heavy atom. The zero-order valence-electron chi connectivity index (χ0n) is 12.6. The molecule has 0 radical (unpaired) electrons. The maximum atomic E-state index is 12.0. The van der Waals surface area contributed by atoms with E-state index >= 15 is 0 Å². The van der Waals surface area contributed by atoms with E-state index in [2.05, 4.69) is 23.8 Å². The molecule has 0 aromatic carbocycles. The molecule has 2 rings (SSSR count). The van der Waals surface area contributed by atoms with E-state index in [0.29, 0.717) is 23.1 Å². The number of nitrogens with two attached hydrogens (primary N) is 1. The number of hydrogen-bond acceptors (Lipinski definition) is 5. The van der Waals surface area contributed by atoms with Gasteiger partial charge >= 0.3 is 5.97 Å². The van der Waals surface area contributed by atoms with Crippen LogP contribution in [0.4, 0.5) is 11.6 Å². The number of rotatable bonds is 5. The van der Waals surface area contributed by atoms with Crippen molar-refractivity contribution in [1.29, 1.82) is 0 Å². The van der Waals surface area contributed by atoms with Gasteiger partial charge in [0.2, 0.25) is 0 Å². The minimum Gasteiger partial charge on any atom is -0.465 e. The number of esters is 1. The van der Waals surface area contributed by atoms with Gasteiger partial charge in [0.15, 0.2) is 5.82 Å². The minimum atomic E-state index is -0.403. The van der Waals surface area contributed by atoms with Gasteiger partial charge in [-0.3, -0.25) is 0 Å². The SMILES string of the molecule is COC(=O)c1c(N2CCCC2)nn(CCC(C)C)c1N. The molecule has 2 N–H and O–H groups in total. The lowest BCUT2D eigenvalue weighted by molar-refractivity contribution is 0.0602. The molecule has 1 aromatic heterocycles. The number of carbonyl (C=O) groups excluding carboxylic acids is 1. The van der Waals surface area contributed by atoms with Crippen LogP contribution < -0.4 is 10.6 Å². The van der Waals surface area contributed by atoms with Gasteiger partial charge in [0.1, 0.15) is 11.4 Å². The van der Waals surface area contributed by atoms with E-state index in [1.165, 1.54) is 7.11 Å². The van der Waals surface area contributed by atoms with Gasteiger partial charge in [-0.25, -0.2) is 9.48 Å². The molecule has 0 bridgehead atoms. The first-order valence-electron chi connectivity index (χ1n) is 7.24. The van der Waals surface area contributed by atoms with Crippen molar-refractivity contribution in [3.8, 4) is 0 Å². The van der Waals surface area contributed by atoms with E-state index in [4.69, 9.17) is 10.5 Å². The Morgan fingerprint density at radius 1 is 1.40 bits per heavy atom. The van der Waals surface area contributed by atoms with Gasteiger partial charge in [-0.15, -0.1) is 0 Å². The standard InChI is InChI=1S/C14H24N4O2/c1-10(2)6-9-18-12(15)11(14(19)20-3)13(16-18)17-7-4-5-8-17/h10H,4-9,15H2,1-3H3. The van der Waals surface area contributed by atoms with E-state index in [0.717, 1.165) is 38.9 Å². The van der Waals surface area contributed by atoms with E-state index in [1.54, 1.807) is 4.68 Å². The molecule has 1 aliphatic heterocycles. The largest absolute Gasteiger partial charge is 0.465 e. The van der Waals surface area contributed by atoms with Crippen LogP contribution in [-0.2, 0) is 11.3 Å². The Labute approximate surface area is 119 Å². The Morgan fingerprint density at radius 2 is 2.05 bits per heavy atom. The number of methoxy groups -OCH3 is 1. The summed E-state index contributed by atoms with van der Waals surface area (Å²) in [7, 11) is 1.38. The number of nitrogens with zero attached hydrogens (tertiary/aromatic N) is 3. The van der Waals surface area contributed by atoms with E-state index in [9.17, 15) is 4.79 Å². The zero-order chi connectivity index (χ0) is 14.7. The van der Waals surface area contributed by atoms with Gasteiger partial charge in [-0.1, -0.05) is 13.8 Å². The number of hydrogen-bond donors (Lipinski definition) is 1. The third-order valence-electron chi connectivity index (χ3n) is 3.69. The van der Waals surface area contributed by atoms with Gasteiger partial charge < -0.3 is 15.4 Å². The normalized spacial score (nSPS) is 15.1. The molecule has 0 unspecified atom stereocenters. The first-order valence-corrected chi connectivity index (χ1v) is 7.24. The lowest BCUT2D eigenvalue weighted by atomic mass is 10.1. The van der Waals surface area contributed by atoms with E-state index in [1.807, 2.05) is 0 Å². The number of anilines is 2. The molecule has 2 heterocycles. The van der Waals surface area contributed by atoms with E-state index < -0.39 is 5.97 Å². The average Bonchev–Trinajstić information content (AvgIpc) is 3.03. The van der Waals surface area contributed by atoms with Gasteiger partial charge in [0, 0.05) is 19.6 Å². The Hall–Kier alpha value is -1.72. The van der Waals surface area contributed by atoms with Crippen LogP contribution in [0.1, 0.15) is 43.5 Å². The lowest BCUT2D eigenvalue weighted by Crippen LogP contribution is -2.21. The van der Waals surface area contributed by atoms with E-state index in [-0.39, 0.29) is 0 Å². The second-order valence-electron chi connectivity index (χ2n) is 5.68. The number of aryl methyl sites for hydroxylation is 1.